The molecule has 5 nitrogen and oxygen atoms in total. The van der Waals surface area contributed by atoms with Crippen LogP contribution in [0.5, 0.6) is 0 Å². The molecule has 0 atom stereocenters. The number of halogens is 1. The summed E-state index contributed by atoms with van der Waals surface area (Å²) in [6.07, 6.45) is 6.37. The third-order valence-corrected chi connectivity index (χ3v) is 6.38. The lowest BCUT2D eigenvalue weighted by molar-refractivity contribution is 0.238. The molecule has 0 aliphatic carbocycles. The van der Waals surface area contributed by atoms with Gasteiger partial charge in [0.15, 0.2) is 0 Å². The van der Waals surface area contributed by atoms with Crippen LogP contribution in [0.15, 0.2) is 0 Å². The first-order valence-electron chi connectivity index (χ1n) is 7.54. The highest BCUT2D eigenvalue weighted by atomic mass is 35.5. The van der Waals surface area contributed by atoms with E-state index in [4.69, 9.17) is 0 Å². The molecule has 2 saturated heterocycles. The standard InChI is InChI=1S/C13H27N3O2S.ClH/c1-14-8-5-13-6-11-16(12-7-13)19(17,18)15-9-3-2-4-10-15;/h13-14H,2-12H2,1H3;1H. The lowest BCUT2D eigenvalue weighted by atomic mass is 9.95. The van der Waals surface area contributed by atoms with Crippen LogP contribution in [-0.4, -0.2) is 56.8 Å². The van der Waals surface area contributed by atoms with Crippen molar-refractivity contribution in [2.45, 2.75) is 38.5 Å². The van der Waals surface area contributed by atoms with Crippen molar-refractivity contribution in [2.24, 2.45) is 5.92 Å². The lowest BCUT2D eigenvalue weighted by Crippen LogP contribution is -2.48. The van der Waals surface area contributed by atoms with E-state index >= 15 is 0 Å². The summed E-state index contributed by atoms with van der Waals surface area (Å²) in [4.78, 5) is 0. The van der Waals surface area contributed by atoms with Crippen LogP contribution in [-0.2, 0) is 10.2 Å². The molecule has 2 heterocycles. The van der Waals surface area contributed by atoms with Gasteiger partial charge in [-0.2, -0.15) is 17.0 Å². The van der Waals surface area contributed by atoms with Crippen molar-refractivity contribution in [3.05, 3.63) is 0 Å². The first-order valence-corrected chi connectivity index (χ1v) is 8.94. The first kappa shape index (κ1) is 18.2. The fourth-order valence-electron chi connectivity index (χ4n) is 3.04. The fourth-order valence-corrected chi connectivity index (χ4v) is 4.75. The van der Waals surface area contributed by atoms with Gasteiger partial charge in [0.05, 0.1) is 0 Å². The predicted octanol–water partition coefficient (Wildman–Crippen LogP) is 1.46. The summed E-state index contributed by atoms with van der Waals surface area (Å²) in [5.41, 5.74) is 0. The minimum absolute atomic E-state index is 0. The summed E-state index contributed by atoms with van der Waals surface area (Å²) >= 11 is 0. The van der Waals surface area contributed by atoms with Crippen LogP contribution < -0.4 is 5.32 Å². The second kappa shape index (κ2) is 8.54. The van der Waals surface area contributed by atoms with Crippen LogP contribution in [0.25, 0.3) is 0 Å². The summed E-state index contributed by atoms with van der Waals surface area (Å²) < 4.78 is 28.4. The van der Waals surface area contributed by atoms with Gasteiger partial charge in [-0.05, 0) is 51.6 Å². The third kappa shape index (κ3) is 4.56. The Kier molecular flexibility index (Phi) is 7.75. The molecule has 20 heavy (non-hydrogen) atoms. The Bertz CT molecular complexity index is 364. The number of rotatable bonds is 5. The van der Waals surface area contributed by atoms with Gasteiger partial charge >= 0.3 is 0 Å². The van der Waals surface area contributed by atoms with Gasteiger partial charge in [0.1, 0.15) is 0 Å². The van der Waals surface area contributed by atoms with Gasteiger partial charge < -0.3 is 5.32 Å². The van der Waals surface area contributed by atoms with Crippen molar-refractivity contribution < 1.29 is 8.42 Å². The molecule has 0 spiro atoms. The number of hydrogen-bond acceptors (Lipinski definition) is 3. The highest BCUT2D eigenvalue weighted by Gasteiger charge is 2.33. The molecule has 1 N–H and O–H groups in total. The second-order valence-electron chi connectivity index (χ2n) is 5.70. The van der Waals surface area contributed by atoms with Gasteiger partial charge in [0.2, 0.25) is 0 Å². The van der Waals surface area contributed by atoms with E-state index in [2.05, 4.69) is 5.32 Å². The van der Waals surface area contributed by atoms with Gasteiger partial charge in [-0.25, -0.2) is 0 Å². The van der Waals surface area contributed by atoms with Crippen molar-refractivity contribution in [1.82, 2.24) is 13.9 Å². The summed E-state index contributed by atoms with van der Waals surface area (Å²) in [5.74, 6) is 0.681. The van der Waals surface area contributed by atoms with E-state index in [0.29, 0.717) is 32.1 Å². The molecule has 0 aromatic carbocycles. The molecule has 0 aromatic rings. The molecule has 2 fully saturated rings. The molecule has 120 valence electrons. The molecule has 2 aliphatic rings. The zero-order valence-corrected chi connectivity index (χ0v) is 14.0. The maximum atomic E-state index is 12.5. The van der Waals surface area contributed by atoms with Gasteiger partial charge in [-0.15, -0.1) is 12.4 Å². The average molecular weight is 326 g/mol. The largest absolute Gasteiger partial charge is 0.320 e. The average Bonchev–Trinajstić information content (AvgIpc) is 2.46. The zero-order chi connectivity index (χ0) is 13.7. The van der Waals surface area contributed by atoms with Crippen LogP contribution in [0.2, 0.25) is 0 Å². The van der Waals surface area contributed by atoms with Crippen LogP contribution in [0.4, 0.5) is 0 Å². The van der Waals surface area contributed by atoms with Crippen LogP contribution in [0, 0.1) is 5.92 Å². The van der Waals surface area contributed by atoms with Gasteiger partial charge in [0, 0.05) is 26.2 Å². The van der Waals surface area contributed by atoms with E-state index in [0.717, 1.165) is 45.1 Å². The Morgan fingerprint density at radius 2 is 1.55 bits per heavy atom. The van der Waals surface area contributed by atoms with E-state index in [1.165, 1.54) is 0 Å². The summed E-state index contributed by atoms with van der Waals surface area (Å²) in [7, 11) is -1.21. The highest BCUT2D eigenvalue weighted by Crippen LogP contribution is 2.24. The van der Waals surface area contributed by atoms with Crippen molar-refractivity contribution in [3.63, 3.8) is 0 Å². The molecule has 0 bridgehead atoms. The number of hydrogen-bond donors (Lipinski definition) is 1. The van der Waals surface area contributed by atoms with Crippen LogP contribution in [0.3, 0.4) is 0 Å². The van der Waals surface area contributed by atoms with Crippen molar-refractivity contribution in [2.75, 3.05) is 39.8 Å². The van der Waals surface area contributed by atoms with Crippen molar-refractivity contribution in [3.8, 4) is 0 Å². The maximum Gasteiger partial charge on any atom is 0.281 e. The molecule has 7 heteroatoms. The number of piperidine rings is 2. The van der Waals surface area contributed by atoms with E-state index < -0.39 is 10.2 Å². The normalized spacial score (nSPS) is 23.4. The molecular formula is C13H28ClN3O2S. The summed E-state index contributed by atoms with van der Waals surface area (Å²) in [6.45, 7) is 3.86. The second-order valence-corrected chi connectivity index (χ2v) is 7.63. The predicted molar refractivity (Wildman–Crippen MR) is 84.4 cm³/mol. The zero-order valence-electron chi connectivity index (χ0n) is 12.4. The Balaban J connectivity index is 0.00000200. The summed E-state index contributed by atoms with van der Waals surface area (Å²) in [6, 6.07) is 0. The third-order valence-electron chi connectivity index (χ3n) is 4.34. The molecule has 0 saturated carbocycles. The van der Waals surface area contributed by atoms with Crippen LogP contribution in [0.1, 0.15) is 38.5 Å². The molecule has 0 radical (unpaired) electrons. The molecule has 0 unspecified atom stereocenters. The molecule has 0 amide bonds. The van der Waals surface area contributed by atoms with Crippen molar-refractivity contribution in [1.29, 1.82) is 0 Å². The smallest absolute Gasteiger partial charge is 0.281 e. The molecular weight excluding hydrogens is 298 g/mol. The summed E-state index contributed by atoms with van der Waals surface area (Å²) in [5, 5.41) is 3.17. The van der Waals surface area contributed by atoms with Crippen molar-refractivity contribution >= 4 is 22.6 Å². The highest BCUT2D eigenvalue weighted by molar-refractivity contribution is 7.86. The Morgan fingerprint density at radius 1 is 1.00 bits per heavy atom. The van der Waals surface area contributed by atoms with E-state index in [1.54, 1.807) is 8.61 Å². The molecule has 2 rings (SSSR count). The van der Waals surface area contributed by atoms with Crippen LogP contribution >= 0.6 is 12.4 Å². The fraction of sp³-hybridized carbons (Fsp3) is 1.00. The van der Waals surface area contributed by atoms with Gasteiger partial charge in [-0.1, -0.05) is 6.42 Å². The number of nitrogens with zero attached hydrogens (tertiary/aromatic N) is 2. The van der Waals surface area contributed by atoms with Gasteiger partial charge in [-0.3, -0.25) is 0 Å². The first-order chi connectivity index (χ1) is 9.14. The Hall–Kier alpha value is 0.120. The Labute approximate surface area is 129 Å². The van der Waals surface area contributed by atoms with E-state index in [1.807, 2.05) is 7.05 Å². The number of nitrogens with one attached hydrogen (secondary N) is 1. The van der Waals surface area contributed by atoms with Gasteiger partial charge in [0.25, 0.3) is 10.2 Å². The van der Waals surface area contributed by atoms with E-state index in [9.17, 15) is 8.42 Å². The minimum atomic E-state index is -3.18. The van der Waals surface area contributed by atoms with E-state index in [-0.39, 0.29) is 12.4 Å². The molecule has 0 aromatic heterocycles. The molecule has 2 aliphatic heterocycles. The quantitative estimate of drug-likeness (QED) is 0.832. The SMILES string of the molecule is CNCCC1CCN(S(=O)(=O)N2CCCCC2)CC1.Cl. The minimum Gasteiger partial charge on any atom is -0.320 e. The Morgan fingerprint density at radius 3 is 2.10 bits per heavy atom. The topological polar surface area (TPSA) is 52.7 Å². The maximum absolute atomic E-state index is 12.5. The lowest BCUT2D eigenvalue weighted by Gasteiger charge is -2.36. The monoisotopic (exact) mass is 325 g/mol.